The Kier molecular flexibility index (Phi) is 8.06. The van der Waals surface area contributed by atoms with Crippen LogP contribution in [0.2, 0.25) is 0 Å². The van der Waals surface area contributed by atoms with E-state index in [9.17, 15) is 0 Å². The lowest BCUT2D eigenvalue weighted by molar-refractivity contribution is 0.190. The van der Waals surface area contributed by atoms with Crippen molar-refractivity contribution in [1.82, 2.24) is 10.2 Å². The van der Waals surface area contributed by atoms with Gasteiger partial charge in [0.2, 0.25) is 0 Å². The van der Waals surface area contributed by atoms with Crippen molar-refractivity contribution in [2.45, 2.75) is 60.4 Å². The van der Waals surface area contributed by atoms with Gasteiger partial charge in [-0.05, 0) is 44.3 Å². The van der Waals surface area contributed by atoms with E-state index in [2.05, 4.69) is 58.8 Å². The Hall–Kier alpha value is -0.0800. The molecule has 0 aliphatic carbocycles. The van der Waals surface area contributed by atoms with Gasteiger partial charge < -0.3 is 10.2 Å². The standard InChI is InChI=1S/C15H34N2/c1-8-10-16-14(15(4,5)6)12-17(7)11-9-13(2)3/h13-14,16H,8-12H2,1-7H3. The average molecular weight is 242 g/mol. The molecular weight excluding hydrogens is 208 g/mol. The molecule has 0 heterocycles. The average Bonchev–Trinajstić information content (AvgIpc) is 2.19. The van der Waals surface area contributed by atoms with Gasteiger partial charge in [0.1, 0.15) is 0 Å². The lowest BCUT2D eigenvalue weighted by Crippen LogP contribution is -2.48. The van der Waals surface area contributed by atoms with Crippen molar-refractivity contribution in [3.63, 3.8) is 0 Å². The van der Waals surface area contributed by atoms with Gasteiger partial charge in [0, 0.05) is 12.6 Å². The molecule has 0 radical (unpaired) electrons. The van der Waals surface area contributed by atoms with E-state index in [1.54, 1.807) is 0 Å². The van der Waals surface area contributed by atoms with Crippen LogP contribution in [-0.2, 0) is 0 Å². The molecule has 2 nitrogen and oxygen atoms in total. The summed E-state index contributed by atoms with van der Waals surface area (Å²) in [6, 6.07) is 0.583. The molecule has 0 aromatic carbocycles. The topological polar surface area (TPSA) is 15.3 Å². The van der Waals surface area contributed by atoms with Crippen molar-refractivity contribution in [2.75, 3.05) is 26.7 Å². The number of nitrogens with zero attached hydrogens (tertiary/aromatic N) is 1. The van der Waals surface area contributed by atoms with E-state index in [0.717, 1.165) is 19.0 Å². The van der Waals surface area contributed by atoms with Gasteiger partial charge in [0.05, 0.1) is 0 Å². The minimum absolute atomic E-state index is 0.335. The highest BCUT2D eigenvalue weighted by molar-refractivity contribution is 4.82. The van der Waals surface area contributed by atoms with E-state index >= 15 is 0 Å². The van der Waals surface area contributed by atoms with Crippen LogP contribution in [0, 0.1) is 11.3 Å². The van der Waals surface area contributed by atoms with E-state index in [1.165, 1.54) is 19.4 Å². The summed E-state index contributed by atoms with van der Waals surface area (Å²) in [7, 11) is 2.24. The minimum Gasteiger partial charge on any atom is -0.312 e. The van der Waals surface area contributed by atoms with Crippen molar-refractivity contribution >= 4 is 0 Å². The van der Waals surface area contributed by atoms with Crippen LogP contribution in [0.4, 0.5) is 0 Å². The maximum atomic E-state index is 3.69. The normalized spacial score (nSPS) is 14.6. The smallest absolute Gasteiger partial charge is 0.0243 e. The molecule has 0 saturated heterocycles. The molecule has 0 amide bonds. The molecule has 0 aromatic heterocycles. The fraction of sp³-hybridized carbons (Fsp3) is 1.00. The first-order valence-electron chi connectivity index (χ1n) is 7.19. The summed E-state index contributed by atoms with van der Waals surface area (Å²) < 4.78 is 0. The summed E-state index contributed by atoms with van der Waals surface area (Å²) in [5.74, 6) is 0.800. The van der Waals surface area contributed by atoms with E-state index < -0.39 is 0 Å². The van der Waals surface area contributed by atoms with E-state index in [1.807, 2.05) is 0 Å². The van der Waals surface area contributed by atoms with Gasteiger partial charge in [0.25, 0.3) is 0 Å². The molecule has 0 fully saturated rings. The van der Waals surface area contributed by atoms with Crippen LogP contribution in [0.3, 0.4) is 0 Å². The highest BCUT2D eigenvalue weighted by Gasteiger charge is 2.24. The van der Waals surface area contributed by atoms with Crippen molar-refractivity contribution in [3.05, 3.63) is 0 Å². The second kappa shape index (κ2) is 8.10. The maximum absolute atomic E-state index is 3.69. The molecule has 1 atom stereocenters. The quantitative estimate of drug-likeness (QED) is 0.702. The lowest BCUT2D eigenvalue weighted by atomic mass is 9.86. The Morgan fingerprint density at radius 2 is 1.76 bits per heavy atom. The van der Waals surface area contributed by atoms with Crippen LogP contribution in [-0.4, -0.2) is 37.6 Å². The van der Waals surface area contributed by atoms with Crippen LogP contribution >= 0.6 is 0 Å². The van der Waals surface area contributed by atoms with Crippen molar-refractivity contribution in [2.24, 2.45) is 11.3 Å². The van der Waals surface area contributed by atoms with E-state index in [-0.39, 0.29) is 0 Å². The first-order valence-corrected chi connectivity index (χ1v) is 7.19. The fourth-order valence-corrected chi connectivity index (χ4v) is 1.84. The summed E-state index contributed by atoms with van der Waals surface area (Å²) in [5.41, 5.74) is 0.335. The predicted octanol–water partition coefficient (Wildman–Crippen LogP) is 3.38. The number of rotatable bonds is 8. The van der Waals surface area contributed by atoms with Gasteiger partial charge in [0.15, 0.2) is 0 Å². The number of likely N-dealkylation sites (N-methyl/N-ethyl adjacent to an activating group) is 1. The SMILES string of the molecule is CCCNC(CN(C)CCC(C)C)C(C)(C)C. The molecule has 2 heteroatoms. The van der Waals surface area contributed by atoms with Crippen molar-refractivity contribution in [1.29, 1.82) is 0 Å². The second-order valence-corrected chi connectivity index (χ2v) is 6.82. The third-order valence-corrected chi connectivity index (χ3v) is 3.27. The zero-order valence-electron chi connectivity index (χ0n) is 13.1. The summed E-state index contributed by atoms with van der Waals surface area (Å²) in [4.78, 5) is 2.47. The largest absolute Gasteiger partial charge is 0.312 e. The molecule has 1 N–H and O–H groups in total. The molecule has 1 unspecified atom stereocenters. The van der Waals surface area contributed by atoms with Crippen LogP contribution in [0.15, 0.2) is 0 Å². The Morgan fingerprint density at radius 1 is 1.18 bits per heavy atom. The summed E-state index contributed by atoms with van der Waals surface area (Å²) in [5, 5.41) is 3.69. The van der Waals surface area contributed by atoms with Crippen LogP contribution in [0.25, 0.3) is 0 Å². The molecule has 0 aliphatic heterocycles. The Bertz CT molecular complexity index is 182. The highest BCUT2D eigenvalue weighted by Crippen LogP contribution is 2.20. The van der Waals surface area contributed by atoms with Gasteiger partial charge in [-0.2, -0.15) is 0 Å². The first-order chi connectivity index (χ1) is 7.77. The highest BCUT2D eigenvalue weighted by atomic mass is 15.1. The van der Waals surface area contributed by atoms with Crippen LogP contribution < -0.4 is 5.32 Å². The monoisotopic (exact) mass is 242 g/mol. The molecule has 0 bridgehead atoms. The second-order valence-electron chi connectivity index (χ2n) is 6.82. The van der Waals surface area contributed by atoms with Crippen LogP contribution in [0.5, 0.6) is 0 Å². The van der Waals surface area contributed by atoms with Gasteiger partial charge >= 0.3 is 0 Å². The Balaban J connectivity index is 4.13. The molecule has 0 rings (SSSR count). The molecule has 0 aromatic rings. The summed E-state index contributed by atoms with van der Waals surface area (Å²) in [6.45, 7) is 17.3. The number of hydrogen-bond acceptors (Lipinski definition) is 2. The zero-order chi connectivity index (χ0) is 13.5. The molecule has 104 valence electrons. The fourth-order valence-electron chi connectivity index (χ4n) is 1.84. The third kappa shape index (κ3) is 8.62. The van der Waals surface area contributed by atoms with Gasteiger partial charge in [-0.25, -0.2) is 0 Å². The third-order valence-electron chi connectivity index (χ3n) is 3.27. The molecular formula is C15H34N2. The Labute approximate surface area is 109 Å². The van der Waals surface area contributed by atoms with E-state index in [4.69, 9.17) is 0 Å². The summed E-state index contributed by atoms with van der Waals surface area (Å²) >= 11 is 0. The van der Waals surface area contributed by atoms with E-state index in [0.29, 0.717) is 11.5 Å². The van der Waals surface area contributed by atoms with Crippen LogP contribution in [0.1, 0.15) is 54.4 Å². The van der Waals surface area contributed by atoms with Gasteiger partial charge in [-0.3, -0.25) is 0 Å². The predicted molar refractivity (Wildman–Crippen MR) is 78.5 cm³/mol. The molecule has 0 aliphatic rings. The minimum atomic E-state index is 0.335. The van der Waals surface area contributed by atoms with Gasteiger partial charge in [-0.15, -0.1) is 0 Å². The number of hydrogen-bond donors (Lipinski definition) is 1. The molecule has 17 heavy (non-hydrogen) atoms. The first kappa shape index (κ1) is 16.9. The lowest BCUT2D eigenvalue weighted by Gasteiger charge is -2.35. The zero-order valence-corrected chi connectivity index (χ0v) is 13.1. The molecule has 0 spiro atoms. The summed E-state index contributed by atoms with van der Waals surface area (Å²) in [6.07, 6.45) is 2.50. The van der Waals surface area contributed by atoms with Gasteiger partial charge in [-0.1, -0.05) is 41.5 Å². The van der Waals surface area contributed by atoms with Crippen molar-refractivity contribution in [3.8, 4) is 0 Å². The Morgan fingerprint density at radius 3 is 2.18 bits per heavy atom. The van der Waals surface area contributed by atoms with Crippen molar-refractivity contribution < 1.29 is 0 Å². The number of nitrogens with one attached hydrogen (secondary N) is 1. The maximum Gasteiger partial charge on any atom is 0.0243 e. The molecule has 0 saturated carbocycles.